The van der Waals surface area contributed by atoms with Gasteiger partial charge in [-0.05, 0) is 13.3 Å². The Morgan fingerprint density at radius 2 is 2.18 bits per heavy atom. The van der Waals surface area contributed by atoms with Gasteiger partial charge in [0.25, 0.3) is 0 Å². The molecule has 1 aliphatic rings. The summed E-state index contributed by atoms with van der Waals surface area (Å²) in [6, 6.07) is 0. The highest BCUT2D eigenvalue weighted by Crippen LogP contribution is 2.08. The highest BCUT2D eigenvalue weighted by molar-refractivity contribution is 5.01. The van der Waals surface area contributed by atoms with E-state index in [0.717, 1.165) is 51.7 Å². The molecule has 6 nitrogen and oxygen atoms in total. The predicted molar refractivity (Wildman–Crippen MR) is 63.1 cm³/mol. The van der Waals surface area contributed by atoms with Gasteiger partial charge >= 0.3 is 0 Å². The molecule has 6 heteroatoms. The first kappa shape index (κ1) is 12.3. The van der Waals surface area contributed by atoms with Crippen LogP contribution in [0.25, 0.3) is 0 Å². The zero-order valence-electron chi connectivity index (χ0n) is 10.3. The third kappa shape index (κ3) is 3.67. The van der Waals surface area contributed by atoms with Crippen LogP contribution in [0, 0.1) is 0 Å². The van der Waals surface area contributed by atoms with E-state index in [9.17, 15) is 0 Å². The van der Waals surface area contributed by atoms with E-state index >= 15 is 0 Å². The summed E-state index contributed by atoms with van der Waals surface area (Å²) in [7, 11) is 0. The summed E-state index contributed by atoms with van der Waals surface area (Å²) >= 11 is 0. The van der Waals surface area contributed by atoms with Gasteiger partial charge in [0.15, 0.2) is 0 Å². The molecule has 0 aromatic carbocycles. The largest absolute Gasteiger partial charge is 0.477 e. The van der Waals surface area contributed by atoms with Crippen molar-refractivity contribution in [3.63, 3.8) is 0 Å². The van der Waals surface area contributed by atoms with E-state index in [1.165, 1.54) is 0 Å². The van der Waals surface area contributed by atoms with E-state index in [1.807, 2.05) is 11.6 Å². The molecule has 0 radical (unpaired) electrons. The van der Waals surface area contributed by atoms with Crippen LogP contribution in [-0.2, 0) is 11.3 Å². The van der Waals surface area contributed by atoms with Crippen LogP contribution in [0.3, 0.4) is 0 Å². The Labute approximate surface area is 101 Å². The second kappa shape index (κ2) is 6.56. The van der Waals surface area contributed by atoms with Gasteiger partial charge in [0.05, 0.1) is 19.8 Å². The normalized spacial score (nSPS) is 17.2. The Bertz CT molecular complexity index is 323. The van der Waals surface area contributed by atoms with Gasteiger partial charge < -0.3 is 9.47 Å². The topological polar surface area (TPSA) is 52.4 Å². The molecule has 0 spiro atoms. The molecule has 0 aliphatic carbocycles. The van der Waals surface area contributed by atoms with Gasteiger partial charge in [-0.2, -0.15) is 0 Å². The summed E-state index contributed by atoms with van der Waals surface area (Å²) < 4.78 is 12.6. The first-order valence-corrected chi connectivity index (χ1v) is 6.21. The number of aromatic nitrogens is 3. The van der Waals surface area contributed by atoms with E-state index in [2.05, 4.69) is 15.2 Å². The summed E-state index contributed by atoms with van der Waals surface area (Å²) in [5.74, 6) is 0.759. The van der Waals surface area contributed by atoms with Crippen LogP contribution < -0.4 is 4.74 Å². The molecular formula is C11H20N4O2. The number of ether oxygens (including phenoxy) is 2. The van der Waals surface area contributed by atoms with Crippen molar-refractivity contribution in [3.05, 3.63) is 6.20 Å². The van der Waals surface area contributed by atoms with Crippen molar-refractivity contribution in [2.45, 2.75) is 19.9 Å². The van der Waals surface area contributed by atoms with Crippen LogP contribution in [0.15, 0.2) is 6.20 Å². The van der Waals surface area contributed by atoms with Crippen LogP contribution in [0.4, 0.5) is 0 Å². The standard InChI is InChI=1S/C11H20N4O2/c1-2-17-11-10-12-13-15(11)5-3-4-14-6-8-16-9-7-14/h10H,2-9H2,1H3. The molecule has 96 valence electrons. The molecule has 1 aromatic heterocycles. The fraction of sp³-hybridized carbons (Fsp3) is 0.818. The Hall–Kier alpha value is -1.14. The quantitative estimate of drug-likeness (QED) is 0.720. The molecule has 2 heterocycles. The summed E-state index contributed by atoms with van der Waals surface area (Å²) in [6.45, 7) is 8.33. The molecule has 1 saturated heterocycles. The van der Waals surface area contributed by atoms with Gasteiger partial charge in [0.1, 0.15) is 6.20 Å². The number of hydrogen-bond donors (Lipinski definition) is 0. The van der Waals surface area contributed by atoms with E-state index in [1.54, 1.807) is 6.20 Å². The number of rotatable bonds is 6. The van der Waals surface area contributed by atoms with Crippen molar-refractivity contribution in [1.29, 1.82) is 0 Å². The van der Waals surface area contributed by atoms with Crippen LogP contribution in [0.2, 0.25) is 0 Å². The first-order chi connectivity index (χ1) is 8.40. The van der Waals surface area contributed by atoms with E-state index < -0.39 is 0 Å². The maximum atomic E-state index is 5.42. The maximum absolute atomic E-state index is 5.42. The molecule has 17 heavy (non-hydrogen) atoms. The van der Waals surface area contributed by atoms with Crippen LogP contribution in [0.5, 0.6) is 5.88 Å². The zero-order valence-corrected chi connectivity index (χ0v) is 10.3. The molecule has 0 unspecified atom stereocenters. The Kier molecular flexibility index (Phi) is 4.75. The molecule has 0 amide bonds. The lowest BCUT2D eigenvalue weighted by molar-refractivity contribution is 0.0367. The minimum atomic E-state index is 0.650. The molecule has 0 saturated carbocycles. The van der Waals surface area contributed by atoms with Crippen LogP contribution >= 0.6 is 0 Å². The van der Waals surface area contributed by atoms with Crippen molar-refractivity contribution >= 4 is 0 Å². The SMILES string of the molecule is CCOc1cnnn1CCCN1CCOCC1. The van der Waals surface area contributed by atoms with Crippen LogP contribution in [-0.4, -0.2) is 59.3 Å². The highest BCUT2D eigenvalue weighted by atomic mass is 16.5. The summed E-state index contributed by atoms with van der Waals surface area (Å²) in [5, 5.41) is 7.88. The average molecular weight is 240 g/mol. The first-order valence-electron chi connectivity index (χ1n) is 6.21. The fourth-order valence-corrected chi connectivity index (χ4v) is 1.93. The third-order valence-corrected chi connectivity index (χ3v) is 2.82. The van der Waals surface area contributed by atoms with Crippen molar-refractivity contribution in [1.82, 2.24) is 19.9 Å². The molecule has 0 atom stereocenters. The van der Waals surface area contributed by atoms with Gasteiger partial charge in [-0.3, -0.25) is 4.90 Å². The van der Waals surface area contributed by atoms with Gasteiger partial charge in [-0.15, -0.1) is 5.10 Å². The van der Waals surface area contributed by atoms with Crippen molar-refractivity contribution in [3.8, 4) is 5.88 Å². The lowest BCUT2D eigenvalue weighted by atomic mass is 10.3. The average Bonchev–Trinajstić information content (AvgIpc) is 2.79. The zero-order chi connectivity index (χ0) is 11.9. The van der Waals surface area contributed by atoms with E-state index in [0.29, 0.717) is 6.61 Å². The molecule has 1 aliphatic heterocycles. The molecule has 0 N–H and O–H groups in total. The van der Waals surface area contributed by atoms with Crippen LogP contribution in [0.1, 0.15) is 13.3 Å². The minimum Gasteiger partial charge on any atom is -0.477 e. The summed E-state index contributed by atoms with van der Waals surface area (Å²) in [4.78, 5) is 2.42. The molecule has 0 bridgehead atoms. The van der Waals surface area contributed by atoms with Gasteiger partial charge in [-0.1, -0.05) is 5.21 Å². The molecule has 1 fully saturated rings. The summed E-state index contributed by atoms with van der Waals surface area (Å²) in [6.07, 6.45) is 2.72. The fourth-order valence-electron chi connectivity index (χ4n) is 1.93. The molecule has 1 aromatic rings. The molecule has 2 rings (SSSR count). The number of hydrogen-bond acceptors (Lipinski definition) is 5. The Morgan fingerprint density at radius 1 is 1.35 bits per heavy atom. The third-order valence-electron chi connectivity index (χ3n) is 2.82. The number of morpholine rings is 1. The number of aryl methyl sites for hydroxylation is 1. The van der Waals surface area contributed by atoms with Gasteiger partial charge in [-0.25, -0.2) is 4.68 Å². The second-order valence-corrected chi connectivity index (χ2v) is 4.04. The Balaban J connectivity index is 1.71. The van der Waals surface area contributed by atoms with Crippen molar-refractivity contribution < 1.29 is 9.47 Å². The lowest BCUT2D eigenvalue weighted by Gasteiger charge is -2.26. The predicted octanol–water partition coefficient (Wildman–Crippen LogP) is 0.399. The second-order valence-electron chi connectivity index (χ2n) is 4.04. The van der Waals surface area contributed by atoms with Crippen molar-refractivity contribution in [2.75, 3.05) is 39.5 Å². The maximum Gasteiger partial charge on any atom is 0.232 e. The highest BCUT2D eigenvalue weighted by Gasteiger charge is 2.10. The van der Waals surface area contributed by atoms with Gasteiger partial charge in [0.2, 0.25) is 5.88 Å². The smallest absolute Gasteiger partial charge is 0.232 e. The van der Waals surface area contributed by atoms with Gasteiger partial charge in [0, 0.05) is 26.2 Å². The summed E-state index contributed by atoms with van der Waals surface area (Å²) in [5.41, 5.74) is 0. The minimum absolute atomic E-state index is 0.650. The van der Waals surface area contributed by atoms with E-state index in [-0.39, 0.29) is 0 Å². The van der Waals surface area contributed by atoms with Crippen molar-refractivity contribution in [2.24, 2.45) is 0 Å². The number of nitrogens with zero attached hydrogens (tertiary/aromatic N) is 4. The molecular weight excluding hydrogens is 220 g/mol. The lowest BCUT2D eigenvalue weighted by Crippen LogP contribution is -2.37. The Morgan fingerprint density at radius 3 is 2.94 bits per heavy atom. The van der Waals surface area contributed by atoms with E-state index in [4.69, 9.17) is 9.47 Å². The monoisotopic (exact) mass is 240 g/mol.